The number of methoxy groups -OCH3 is 3. The summed E-state index contributed by atoms with van der Waals surface area (Å²) in [5, 5.41) is 10.9. The van der Waals surface area contributed by atoms with Crippen LogP contribution in [0.4, 0.5) is 0 Å². The molecule has 1 aromatic rings. The number of aliphatic hydroxyl groups is 1. The summed E-state index contributed by atoms with van der Waals surface area (Å²) in [6, 6.07) is 4.91. The highest BCUT2D eigenvalue weighted by Gasteiger charge is 2.57. The molecule has 0 amide bonds. The molecule has 0 unspecified atom stereocenters. The van der Waals surface area contributed by atoms with E-state index in [0.717, 1.165) is 6.42 Å². The lowest BCUT2D eigenvalue weighted by atomic mass is 9.61. The molecule has 0 heterocycles. The summed E-state index contributed by atoms with van der Waals surface area (Å²) in [5.74, 6) is -4.49. The zero-order valence-electron chi connectivity index (χ0n) is 17.4. The lowest BCUT2D eigenvalue weighted by molar-refractivity contribution is -0.170. The Morgan fingerprint density at radius 1 is 1.14 bits per heavy atom. The second kappa shape index (κ2) is 9.26. The van der Waals surface area contributed by atoms with E-state index in [-0.39, 0.29) is 6.42 Å². The quantitative estimate of drug-likeness (QED) is 0.538. The smallest absolute Gasteiger partial charge is 0.316 e. The first-order valence-electron chi connectivity index (χ1n) is 9.43. The van der Waals surface area contributed by atoms with Crippen LogP contribution in [0, 0.1) is 11.8 Å². The third-order valence-corrected chi connectivity index (χ3v) is 5.21. The number of carbonyl (C=O) groups is 3. The minimum Gasteiger partial charge on any atom is -0.493 e. The Balaban J connectivity index is 2.63. The van der Waals surface area contributed by atoms with Crippen LogP contribution in [0.2, 0.25) is 0 Å². The Kier molecular flexibility index (Phi) is 7.24. The molecule has 0 aliphatic heterocycles. The molecule has 29 heavy (non-hydrogen) atoms. The number of benzene rings is 1. The Labute approximate surface area is 170 Å². The zero-order chi connectivity index (χ0) is 21.8. The summed E-state index contributed by atoms with van der Waals surface area (Å²) < 4.78 is 20.8. The topological polar surface area (TPSA) is 108 Å². The van der Waals surface area contributed by atoms with Gasteiger partial charge in [-0.05, 0) is 31.0 Å². The predicted octanol–water partition coefficient (Wildman–Crippen LogP) is 1.87. The fourth-order valence-electron chi connectivity index (χ4n) is 3.89. The zero-order valence-corrected chi connectivity index (χ0v) is 17.4. The predicted molar refractivity (Wildman–Crippen MR) is 103 cm³/mol. The third kappa shape index (κ3) is 4.53. The van der Waals surface area contributed by atoms with E-state index in [2.05, 4.69) is 0 Å². The van der Waals surface area contributed by atoms with E-state index in [1.54, 1.807) is 18.2 Å². The van der Waals surface area contributed by atoms with Crippen LogP contribution in [0.25, 0.3) is 0 Å². The average Bonchev–Trinajstić information content (AvgIpc) is 2.69. The number of ether oxygens (including phenoxy) is 4. The second-order valence-corrected chi connectivity index (χ2v) is 7.29. The van der Waals surface area contributed by atoms with Crippen molar-refractivity contribution in [3.05, 3.63) is 23.8 Å². The number of Topliss-reactive ketones (excluding diaryl/α,β-unsaturated/α-hetero) is 1. The van der Waals surface area contributed by atoms with Crippen molar-refractivity contribution >= 4 is 17.7 Å². The minimum absolute atomic E-state index is 0.363. The van der Waals surface area contributed by atoms with Gasteiger partial charge in [-0.2, -0.15) is 0 Å². The second-order valence-electron chi connectivity index (χ2n) is 7.29. The van der Waals surface area contributed by atoms with Crippen molar-refractivity contribution in [3.8, 4) is 11.5 Å². The van der Waals surface area contributed by atoms with Gasteiger partial charge in [0.05, 0.1) is 39.5 Å². The van der Waals surface area contributed by atoms with E-state index < -0.39 is 41.1 Å². The monoisotopic (exact) mass is 408 g/mol. The summed E-state index contributed by atoms with van der Waals surface area (Å²) in [4.78, 5) is 37.8. The first-order valence-corrected chi connectivity index (χ1v) is 9.43. The molecule has 8 nitrogen and oxygen atoms in total. The maximum atomic E-state index is 12.7. The molecule has 0 aromatic heterocycles. The molecule has 1 fully saturated rings. The van der Waals surface area contributed by atoms with Crippen molar-refractivity contribution in [2.45, 2.75) is 38.2 Å². The molecule has 1 aromatic carbocycles. The van der Waals surface area contributed by atoms with Crippen molar-refractivity contribution in [1.29, 1.82) is 0 Å². The third-order valence-electron chi connectivity index (χ3n) is 5.21. The molecule has 1 aliphatic carbocycles. The Morgan fingerprint density at radius 2 is 1.79 bits per heavy atom. The summed E-state index contributed by atoms with van der Waals surface area (Å²) >= 11 is 0. The minimum atomic E-state index is -1.69. The maximum absolute atomic E-state index is 12.7. The van der Waals surface area contributed by atoms with Crippen LogP contribution in [0.3, 0.4) is 0 Å². The van der Waals surface area contributed by atoms with Gasteiger partial charge in [-0.3, -0.25) is 14.4 Å². The van der Waals surface area contributed by atoms with Crippen LogP contribution in [0.5, 0.6) is 11.5 Å². The van der Waals surface area contributed by atoms with Gasteiger partial charge < -0.3 is 24.1 Å². The van der Waals surface area contributed by atoms with Crippen LogP contribution in [0.15, 0.2) is 18.2 Å². The molecule has 160 valence electrons. The van der Waals surface area contributed by atoms with Gasteiger partial charge in [-0.15, -0.1) is 0 Å². The first kappa shape index (κ1) is 22.7. The highest BCUT2D eigenvalue weighted by atomic mass is 16.5. The largest absolute Gasteiger partial charge is 0.493 e. The Hall–Kier alpha value is -2.61. The van der Waals surface area contributed by atoms with E-state index in [1.165, 1.54) is 28.3 Å². The fraction of sp³-hybridized carbons (Fsp3) is 0.571. The molecule has 8 heteroatoms. The van der Waals surface area contributed by atoms with Crippen molar-refractivity contribution in [3.63, 3.8) is 0 Å². The highest BCUT2D eigenvalue weighted by Crippen LogP contribution is 2.48. The van der Waals surface area contributed by atoms with Gasteiger partial charge in [0.25, 0.3) is 0 Å². The lowest BCUT2D eigenvalue weighted by Crippen LogP contribution is -2.55. The number of ketones is 1. The standard InChI is InChI=1S/C21H28O8/c1-6-9-29-14-8-7-12(10-15(14)26-3)16-17(19(23)27-4)13(22)11-21(2,25)18(16)20(24)28-5/h7-8,10,16-18,25H,6,9,11H2,1-5H3/t16-,17-,18+,21+/m1/s1. The molecule has 0 saturated heterocycles. The maximum Gasteiger partial charge on any atom is 0.316 e. The SMILES string of the molecule is CCCOc1ccc([C@@H]2[C@H](C(=O)OC)C(=O)C[C@](C)(O)[C@@H]2C(=O)OC)cc1OC. The number of carbonyl (C=O) groups excluding carboxylic acids is 3. The first-order chi connectivity index (χ1) is 13.7. The van der Waals surface area contributed by atoms with Gasteiger partial charge >= 0.3 is 11.9 Å². The Bertz CT molecular complexity index is 770. The number of hydrogen-bond acceptors (Lipinski definition) is 8. The molecule has 1 saturated carbocycles. The fourth-order valence-corrected chi connectivity index (χ4v) is 3.89. The van der Waals surface area contributed by atoms with Crippen molar-refractivity contribution in [2.24, 2.45) is 11.8 Å². The van der Waals surface area contributed by atoms with Crippen LogP contribution >= 0.6 is 0 Å². The molecule has 1 aliphatic rings. The summed E-state index contributed by atoms with van der Waals surface area (Å²) in [6.45, 7) is 3.85. The molecule has 0 spiro atoms. The molecule has 0 bridgehead atoms. The summed E-state index contributed by atoms with van der Waals surface area (Å²) in [6.07, 6.45) is 0.442. The summed E-state index contributed by atoms with van der Waals surface area (Å²) in [5.41, 5.74) is -1.23. The van der Waals surface area contributed by atoms with Gasteiger partial charge in [0, 0.05) is 12.3 Å². The normalized spacial score (nSPS) is 26.6. The summed E-state index contributed by atoms with van der Waals surface area (Å²) in [7, 11) is 3.84. The van der Waals surface area contributed by atoms with Gasteiger partial charge in [-0.1, -0.05) is 13.0 Å². The van der Waals surface area contributed by atoms with Gasteiger partial charge in [0.15, 0.2) is 17.3 Å². The van der Waals surface area contributed by atoms with E-state index in [4.69, 9.17) is 18.9 Å². The van der Waals surface area contributed by atoms with E-state index in [1.807, 2.05) is 6.92 Å². The molecule has 2 rings (SSSR count). The van der Waals surface area contributed by atoms with E-state index in [0.29, 0.717) is 23.7 Å². The number of esters is 2. The molecule has 0 radical (unpaired) electrons. The molecular formula is C21H28O8. The number of hydrogen-bond donors (Lipinski definition) is 1. The molecule has 4 atom stereocenters. The number of rotatable bonds is 7. The lowest BCUT2D eigenvalue weighted by Gasteiger charge is -2.43. The van der Waals surface area contributed by atoms with Crippen LogP contribution < -0.4 is 9.47 Å². The molecule has 1 N–H and O–H groups in total. The van der Waals surface area contributed by atoms with Crippen molar-refractivity contribution in [2.75, 3.05) is 27.9 Å². The highest BCUT2D eigenvalue weighted by molar-refractivity contribution is 6.02. The molecular weight excluding hydrogens is 380 g/mol. The van der Waals surface area contributed by atoms with Gasteiger partial charge in [0.2, 0.25) is 0 Å². The van der Waals surface area contributed by atoms with Gasteiger partial charge in [-0.25, -0.2) is 0 Å². The van der Waals surface area contributed by atoms with Gasteiger partial charge in [0.1, 0.15) is 5.92 Å². The van der Waals surface area contributed by atoms with E-state index in [9.17, 15) is 19.5 Å². The van der Waals surface area contributed by atoms with E-state index >= 15 is 0 Å². The van der Waals surface area contributed by atoms with Crippen molar-refractivity contribution in [1.82, 2.24) is 0 Å². The van der Waals surface area contributed by atoms with Crippen molar-refractivity contribution < 1.29 is 38.4 Å². The van der Waals surface area contributed by atoms with Crippen LogP contribution in [0.1, 0.15) is 38.2 Å². The van der Waals surface area contributed by atoms with Crippen LogP contribution in [-0.2, 0) is 23.9 Å². The average molecular weight is 408 g/mol. The van der Waals surface area contributed by atoms with Crippen LogP contribution in [-0.4, -0.2) is 56.4 Å². The Morgan fingerprint density at radius 3 is 2.34 bits per heavy atom.